The first-order chi connectivity index (χ1) is 8.63. The number of morpholine rings is 1. The predicted octanol–water partition coefficient (Wildman–Crippen LogP) is 0.428. The molecule has 2 heterocycles. The van der Waals surface area contributed by atoms with Crippen LogP contribution < -0.4 is 9.64 Å². The molecule has 7 nitrogen and oxygen atoms in total. The topological polar surface area (TPSA) is 84.8 Å². The average molecular weight is 274 g/mol. The zero-order valence-corrected chi connectivity index (χ0v) is 10.4. The molecule has 1 aromatic rings. The number of aliphatic carboxylic acids is 1. The number of ether oxygens (including phenoxy) is 2. The number of methoxy groups -OCH3 is 1. The number of carbonyl (C=O) groups is 1. The van der Waals surface area contributed by atoms with E-state index in [1.54, 1.807) is 4.90 Å². The van der Waals surface area contributed by atoms with E-state index in [0.717, 1.165) is 0 Å². The highest BCUT2D eigenvalue weighted by Crippen LogP contribution is 2.27. The molecule has 8 heteroatoms. The van der Waals surface area contributed by atoms with Gasteiger partial charge in [0.2, 0.25) is 0 Å². The molecule has 0 aliphatic carbocycles. The maximum absolute atomic E-state index is 11.2. The van der Waals surface area contributed by atoms with Crippen molar-refractivity contribution in [1.29, 1.82) is 0 Å². The fraction of sp³-hybridized carbons (Fsp3) is 0.500. The Kier molecular flexibility index (Phi) is 3.83. The van der Waals surface area contributed by atoms with Crippen molar-refractivity contribution in [3.63, 3.8) is 0 Å². The van der Waals surface area contributed by atoms with E-state index < -0.39 is 12.0 Å². The Bertz CT molecular complexity index is 457. The fourth-order valence-electron chi connectivity index (χ4n) is 1.70. The van der Waals surface area contributed by atoms with Crippen LogP contribution in [-0.2, 0) is 9.53 Å². The third-order valence-corrected chi connectivity index (χ3v) is 2.84. The molecule has 0 aromatic carbocycles. The van der Waals surface area contributed by atoms with E-state index in [0.29, 0.717) is 19.0 Å². The number of anilines is 1. The first kappa shape index (κ1) is 12.8. The maximum atomic E-state index is 11.2. The molecule has 0 spiro atoms. The molecule has 1 atom stereocenters. The van der Waals surface area contributed by atoms with E-state index in [1.807, 2.05) is 0 Å². The van der Waals surface area contributed by atoms with Gasteiger partial charge >= 0.3 is 12.0 Å². The predicted molar refractivity (Wildman–Crippen MR) is 63.2 cm³/mol. The summed E-state index contributed by atoms with van der Waals surface area (Å²) in [4.78, 5) is 20.7. The van der Waals surface area contributed by atoms with E-state index >= 15 is 0 Å². The maximum Gasteiger partial charge on any atom is 0.328 e. The number of aromatic nitrogens is 2. The normalized spacial score (nSPS) is 19.7. The van der Waals surface area contributed by atoms with Crippen molar-refractivity contribution in [3.05, 3.63) is 11.2 Å². The molecule has 0 amide bonds. The van der Waals surface area contributed by atoms with E-state index in [9.17, 15) is 4.79 Å². The van der Waals surface area contributed by atoms with Gasteiger partial charge in [-0.3, -0.25) is 0 Å². The van der Waals surface area contributed by atoms with Crippen LogP contribution in [-0.4, -0.2) is 54.0 Å². The molecular formula is C10H12ClN3O4. The summed E-state index contributed by atoms with van der Waals surface area (Å²) in [6.45, 7) is 0.918. The molecule has 2 rings (SSSR count). The van der Waals surface area contributed by atoms with Crippen LogP contribution in [0.2, 0.25) is 5.02 Å². The highest BCUT2D eigenvalue weighted by Gasteiger charge is 2.31. The standard InChI is InChI=1S/C10H12ClN3O4/c1-17-10-12-4-6(11)8(13-10)14-2-3-18-5-7(14)9(15)16/h4,7H,2-3,5H2,1H3,(H,15,16). The van der Waals surface area contributed by atoms with Gasteiger partial charge in [-0.15, -0.1) is 0 Å². The van der Waals surface area contributed by atoms with Crippen molar-refractivity contribution >= 4 is 23.4 Å². The van der Waals surface area contributed by atoms with Crippen LogP contribution in [0.15, 0.2) is 6.20 Å². The minimum absolute atomic E-state index is 0.0952. The molecule has 98 valence electrons. The number of rotatable bonds is 3. The Labute approximate surface area is 108 Å². The van der Waals surface area contributed by atoms with Gasteiger partial charge in [0.05, 0.1) is 26.5 Å². The molecule has 1 unspecified atom stereocenters. The Balaban J connectivity index is 2.35. The molecule has 0 bridgehead atoms. The summed E-state index contributed by atoms with van der Waals surface area (Å²) < 4.78 is 10.1. The second-order valence-corrected chi connectivity index (χ2v) is 4.06. The minimum atomic E-state index is -0.983. The summed E-state index contributed by atoms with van der Waals surface area (Å²) in [5, 5.41) is 9.43. The van der Waals surface area contributed by atoms with Crippen molar-refractivity contribution in [2.45, 2.75) is 6.04 Å². The monoisotopic (exact) mass is 273 g/mol. The fourth-order valence-corrected chi connectivity index (χ4v) is 1.90. The van der Waals surface area contributed by atoms with Gasteiger partial charge in [0.25, 0.3) is 0 Å². The largest absolute Gasteiger partial charge is 0.480 e. The van der Waals surface area contributed by atoms with Crippen LogP contribution in [0.5, 0.6) is 6.01 Å². The molecule has 1 aliphatic rings. The number of carboxylic acid groups (broad SMARTS) is 1. The van der Waals surface area contributed by atoms with E-state index in [2.05, 4.69) is 9.97 Å². The summed E-state index contributed by atoms with van der Waals surface area (Å²) in [5.74, 6) is -0.637. The van der Waals surface area contributed by atoms with Gasteiger partial charge in [0.15, 0.2) is 11.9 Å². The molecule has 0 saturated carbocycles. The lowest BCUT2D eigenvalue weighted by Gasteiger charge is -2.34. The van der Waals surface area contributed by atoms with E-state index in [4.69, 9.17) is 26.2 Å². The Morgan fingerprint density at radius 1 is 1.72 bits per heavy atom. The molecule has 1 aromatic heterocycles. The van der Waals surface area contributed by atoms with Crippen LogP contribution >= 0.6 is 11.6 Å². The van der Waals surface area contributed by atoms with Gasteiger partial charge in [0.1, 0.15) is 5.02 Å². The Morgan fingerprint density at radius 2 is 2.50 bits per heavy atom. The zero-order chi connectivity index (χ0) is 13.1. The highest BCUT2D eigenvalue weighted by molar-refractivity contribution is 6.32. The summed E-state index contributed by atoms with van der Waals surface area (Å²) in [6.07, 6.45) is 1.39. The van der Waals surface area contributed by atoms with Crippen molar-refractivity contribution in [1.82, 2.24) is 9.97 Å². The summed E-state index contributed by atoms with van der Waals surface area (Å²) in [7, 11) is 1.43. The van der Waals surface area contributed by atoms with Gasteiger partial charge in [-0.25, -0.2) is 9.78 Å². The van der Waals surface area contributed by atoms with Gasteiger partial charge in [0, 0.05) is 6.54 Å². The van der Waals surface area contributed by atoms with Crippen LogP contribution in [0, 0.1) is 0 Å². The summed E-state index contributed by atoms with van der Waals surface area (Å²) >= 11 is 6.00. The summed E-state index contributed by atoms with van der Waals surface area (Å²) in [5.41, 5.74) is 0. The first-order valence-corrected chi connectivity index (χ1v) is 5.65. The Morgan fingerprint density at radius 3 is 3.17 bits per heavy atom. The van der Waals surface area contributed by atoms with Gasteiger partial charge < -0.3 is 19.5 Å². The number of hydrogen-bond acceptors (Lipinski definition) is 6. The van der Waals surface area contributed by atoms with Crippen molar-refractivity contribution in [2.75, 3.05) is 31.8 Å². The number of halogens is 1. The second-order valence-electron chi connectivity index (χ2n) is 3.65. The Hall–Kier alpha value is -1.60. The zero-order valence-electron chi connectivity index (χ0n) is 9.67. The lowest BCUT2D eigenvalue weighted by Crippen LogP contribution is -2.50. The van der Waals surface area contributed by atoms with E-state index in [1.165, 1.54) is 13.3 Å². The lowest BCUT2D eigenvalue weighted by molar-refractivity contribution is -0.141. The molecule has 18 heavy (non-hydrogen) atoms. The molecule has 1 aliphatic heterocycles. The highest BCUT2D eigenvalue weighted by atomic mass is 35.5. The third kappa shape index (κ3) is 2.46. The van der Waals surface area contributed by atoms with Crippen molar-refractivity contribution in [2.24, 2.45) is 0 Å². The van der Waals surface area contributed by atoms with Gasteiger partial charge in [-0.1, -0.05) is 11.6 Å². The average Bonchev–Trinajstić information content (AvgIpc) is 2.39. The molecule has 1 N–H and O–H groups in total. The summed E-state index contributed by atoms with van der Waals surface area (Å²) in [6, 6.07) is -0.666. The van der Waals surface area contributed by atoms with Gasteiger partial charge in [-0.05, 0) is 0 Å². The van der Waals surface area contributed by atoms with Crippen LogP contribution in [0.1, 0.15) is 0 Å². The quantitative estimate of drug-likeness (QED) is 0.855. The molecular weight excluding hydrogens is 262 g/mol. The smallest absolute Gasteiger partial charge is 0.328 e. The van der Waals surface area contributed by atoms with E-state index in [-0.39, 0.29) is 17.6 Å². The van der Waals surface area contributed by atoms with Crippen LogP contribution in [0.3, 0.4) is 0 Å². The lowest BCUT2D eigenvalue weighted by atomic mass is 10.2. The number of hydrogen-bond donors (Lipinski definition) is 1. The SMILES string of the molecule is COc1ncc(Cl)c(N2CCOCC2C(=O)O)n1. The first-order valence-electron chi connectivity index (χ1n) is 5.27. The third-order valence-electron chi connectivity index (χ3n) is 2.57. The van der Waals surface area contributed by atoms with Crippen molar-refractivity contribution in [3.8, 4) is 6.01 Å². The van der Waals surface area contributed by atoms with Crippen LogP contribution in [0.4, 0.5) is 5.82 Å². The van der Waals surface area contributed by atoms with Gasteiger partial charge in [-0.2, -0.15) is 4.98 Å². The molecule has 1 fully saturated rings. The minimum Gasteiger partial charge on any atom is -0.480 e. The number of nitrogens with zero attached hydrogens (tertiary/aromatic N) is 3. The molecule has 1 saturated heterocycles. The molecule has 0 radical (unpaired) electrons. The van der Waals surface area contributed by atoms with Crippen molar-refractivity contribution < 1.29 is 19.4 Å². The number of carboxylic acids is 1. The second kappa shape index (κ2) is 5.36. The van der Waals surface area contributed by atoms with Crippen LogP contribution in [0.25, 0.3) is 0 Å².